The summed E-state index contributed by atoms with van der Waals surface area (Å²) in [6.07, 6.45) is 4.67. The molecule has 0 bridgehead atoms. The predicted octanol–water partition coefficient (Wildman–Crippen LogP) is 0.334. The van der Waals surface area contributed by atoms with E-state index in [2.05, 4.69) is 20.3 Å². The van der Waals surface area contributed by atoms with E-state index in [9.17, 15) is 9.59 Å². The third-order valence-electron chi connectivity index (χ3n) is 4.17. The number of piperazine rings is 1. The molecule has 9 nitrogen and oxygen atoms in total. The van der Waals surface area contributed by atoms with Crippen molar-refractivity contribution < 1.29 is 9.59 Å². The third kappa shape index (κ3) is 4.98. The second-order valence-corrected chi connectivity index (χ2v) is 6.54. The maximum absolute atomic E-state index is 12.4. The average Bonchev–Trinajstić information content (AvgIpc) is 2.68. The SMILES string of the molecule is CN(C)CC(=O)N1CCN(c2cncc(C(=O)Nc3ccccn3)n2)CC1. The van der Waals surface area contributed by atoms with E-state index in [1.54, 1.807) is 30.6 Å². The number of nitrogens with zero attached hydrogens (tertiary/aromatic N) is 6. The average molecular weight is 369 g/mol. The number of carbonyl (C=O) groups is 2. The van der Waals surface area contributed by atoms with Crippen molar-refractivity contribution in [1.29, 1.82) is 0 Å². The lowest BCUT2D eigenvalue weighted by Crippen LogP contribution is -2.51. The van der Waals surface area contributed by atoms with Crippen molar-refractivity contribution >= 4 is 23.5 Å². The van der Waals surface area contributed by atoms with E-state index in [4.69, 9.17) is 0 Å². The molecule has 2 aromatic heterocycles. The molecule has 1 saturated heterocycles. The highest BCUT2D eigenvalue weighted by atomic mass is 16.2. The molecule has 0 spiro atoms. The monoisotopic (exact) mass is 369 g/mol. The number of aromatic nitrogens is 3. The van der Waals surface area contributed by atoms with Crippen LogP contribution in [0.3, 0.4) is 0 Å². The number of anilines is 2. The molecule has 142 valence electrons. The highest BCUT2D eigenvalue weighted by molar-refractivity contribution is 6.02. The van der Waals surface area contributed by atoms with Crippen LogP contribution in [0.5, 0.6) is 0 Å². The maximum atomic E-state index is 12.4. The summed E-state index contributed by atoms with van der Waals surface area (Å²) < 4.78 is 0. The van der Waals surface area contributed by atoms with E-state index in [1.807, 2.05) is 28.8 Å². The number of rotatable bonds is 5. The Labute approximate surface area is 158 Å². The summed E-state index contributed by atoms with van der Waals surface area (Å²) in [5.41, 5.74) is 0.226. The molecule has 0 aliphatic carbocycles. The van der Waals surface area contributed by atoms with Gasteiger partial charge in [-0.2, -0.15) is 0 Å². The molecule has 9 heteroatoms. The molecule has 0 radical (unpaired) electrons. The molecular weight excluding hydrogens is 346 g/mol. The van der Waals surface area contributed by atoms with Gasteiger partial charge in [0.15, 0.2) is 0 Å². The zero-order valence-electron chi connectivity index (χ0n) is 15.5. The fourth-order valence-electron chi connectivity index (χ4n) is 2.79. The number of hydrogen-bond donors (Lipinski definition) is 1. The standard InChI is InChI=1S/C18H23N7O2/c1-23(2)13-17(26)25-9-7-24(8-10-25)16-12-19-11-14(21-16)18(27)22-15-5-3-4-6-20-15/h3-6,11-12H,7-10,13H2,1-2H3,(H,20,22,27). The lowest BCUT2D eigenvalue weighted by molar-refractivity contribution is -0.132. The van der Waals surface area contributed by atoms with E-state index >= 15 is 0 Å². The Hall–Kier alpha value is -3.07. The summed E-state index contributed by atoms with van der Waals surface area (Å²) in [6, 6.07) is 5.28. The molecular formula is C18H23N7O2. The smallest absolute Gasteiger partial charge is 0.277 e. The molecule has 27 heavy (non-hydrogen) atoms. The van der Waals surface area contributed by atoms with Crippen LogP contribution in [-0.4, -0.2) is 83.4 Å². The lowest BCUT2D eigenvalue weighted by Gasteiger charge is -2.35. The maximum Gasteiger partial charge on any atom is 0.277 e. The summed E-state index contributed by atoms with van der Waals surface area (Å²) >= 11 is 0. The third-order valence-corrected chi connectivity index (χ3v) is 4.17. The van der Waals surface area contributed by atoms with Crippen LogP contribution in [0.25, 0.3) is 0 Å². The second kappa shape index (κ2) is 8.54. The topological polar surface area (TPSA) is 94.6 Å². The first-order chi connectivity index (χ1) is 13.0. The molecule has 1 N–H and O–H groups in total. The molecule has 1 aliphatic heterocycles. The minimum absolute atomic E-state index is 0.120. The van der Waals surface area contributed by atoms with Crippen LogP contribution >= 0.6 is 0 Å². The van der Waals surface area contributed by atoms with Gasteiger partial charge in [-0.05, 0) is 26.2 Å². The minimum Gasteiger partial charge on any atom is -0.352 e. The summed E-state index contributed by atoms with van der Waals surface area (Å²) in [7, 11) is 3.76. The van der Waals surface area contributed by atoms with Crippen LogP contribution in [-0.2, 0) is 4.79 Å². The molecule has 2 amide bonds. The second-order valence-electron chi connectivity index (χ2n) is 6.54. The van der Waals surface area contributed by atoms with Crippen molar-refractivity contribution in [3.63, 3.8) is 0 Å². The van der Waals surface area contributed by atoms with Crippen LogP contribution in [0.2, 0.25) is 0 Å². The van der Waals surface area contributed by atoms with Gasteiger partial charge >= 0.3 is 0 Å². The highest BCUT2D eigenvalue weighted by Crippen LogP contribution is 2.14. The number of carbonyl (C=O) groups excluding carboxylic acids is 2. The zero-order valence-corrected chi connectivity index (χ0v) is 15.5. The molecule has 1 fully saturated rings. The largest absolute Gasteiger partial charge is 0.352 e. The van der Waals surface area contributed by atoms with Gasteiger partial charge in [-0.3, -0.25) is 14.6 Å². The van der Waals surface area contributed by atoms with Crippen molar-refractivity contribution in [2.45, 2.75) is 0 Å². The molecule has 2 aromatic rings. The van der Waals surface area contributed by atoms with Crippen LogP contribution < -0.4 is 10.2 Å². The number of hydrogen-bond acceptors (Lipinski definition) is 7. The molecule has 0 saturated carbocycles. The summed E-state index contributed by atoms with van der Waals surface area (Å²) in [6.45, 7) is 2.96. The highest BCUT2D eigenvalue weighted by Gasteiger charge is 2.23. The number of likely N-dealkylation sites (N-methyl/N-ethyl adjacent to an activating group) is 1. The summed E-state index contributed by atoms with van der Waals surface area (Å²) in [5, 5.41) is 2.70. The molecule has 0 unspecified atom stereocenters. The lowest BCUT2D eigenvalue weighted by atomic mass is 10.3. The van der Waals surface area contributed by atoms with Gasteiger partial charge in [0.2, 0.25) is 5.91 Å². The van der Waals surface area contributed by atoms with Gasteiger partial charge < -0.3 is 20.0 Å². The predicted molar refractivity (Wildman–Crippen MR) is 102 cm³/mol. The Kier molecular flexibility index (Phi) is 5.92. The van der Waals surface area contributed by atoms with E-state index in [-0.39, 0.29) is 17.5 Å². The van der Waals surface area contributed by atoms with Crippen LogP contribution in [0.15, 0.2) is 36.8 Å². The van der Waals surface area contributed by atoms with Gasteiger partial charge in [-0.25, -0.2) is 9.97 Å². The molecule has 3 rings (SSSR count). The van der Waals surface area contributed by atoms with E-state index < -0.39 is 0 Å². The van der Waals surface area contributed by atoms with Gasteiger partial charge in [0.1, 0.15) is 17.3 Å². The van der Waals surface area contributed by atoms with Crippen LogP contribution in [0.1, 0.15) is 10.5 Å². The molecule has 0 atom stereocenters. The minimum atomic E-state index is -0.358. The van der Waals surface area contributed by atoms with E-state index in [1.165, 1.54) is 6.20 Å². The number of amides is 2. The van der Waals surface area contributed by atoms with E-state index in [0.717, 1.165) is 0 Å². The zero-order chi connectivity index (χ0) is 19.2. The van der Waals surface area contributed by atoms with Gasteiger partial charge in [-0.1, -0.05) is 6.07 Å². The van der Waals surface area contributed by atoms with Gasteiger partial charge in [-0.15, -0.1) is 0 Å². The Morgan fingerprint density at radius 1 is 1.15 bits per heavy atom. The van der Waals surface area contributed by atoms with Crippen molar-refractivity contribution in [2.75, 3.05) is 57.0 Å². The molecule has 3 heterocycles. The first-order valence-electron chi connectivity index (χ1n) is 8.75. The molecule has 1 aliphatic rings. The Morgan fingerprint density at radius 2 is 1.93 bits per heavy atom. The Bertz CT molecular complexity index is 789. The quantitative estimate of drug-likeness (QED) is 0.812. The Morgan fingerprint density at radius 3 is 2.59 bits per heavy atom. The first kappa shape index (κ1) is 18.7. The van der Waals surface area contributed by atoms with Gasteiger partial charge in [0.05, 0.1) is 18.9 Å². The summed E-state index contributed by atoms with van der Waals surface area (Å²) in [4.78, 5) is 42.9. The van der Waals surface area contributed by atoms with Crippen molar-refractivity contribution in [2.24, 2.45) is 0 Å². The van der Waals surface area contributed by atoms with Crippen molar-refractivity contribution in [3.05, 3.63) is 42.5 Å². The molecule has 0 aromatic carbocycles. The number of pyridine rings is 1. The van der Waals surface area contributed by atoms with Crippen LogP contribution in [0.4, 0.5) is 11.6 Å². The van der Waals surface area contributed by atoms with Crippen LogP contribution in [0, 0.1) is 0 Å². The first-order valence-corrected chi connectivity index (χ1v) is 8.75. The van der Waals surface area contributed by atoms with E-state index in [0.29, 0.717) is 44.4 Å². The van der Waals surface area contributed by atoms with Gasteiger partial charge in [0, 0.05) is 32.4 Å². The normalized spacial score (nSPS) is 14.3. The fourth-order valence-corrected chi connectivity index (χ4v) is 2.79. The van der Waals surface area contributed by atoms with Gasteiger partial charge in [0.25, 0.3) is 5.91 Å². The summed E-state index contributed by atoms with van der Waals surface area (Å²) in [5.74, 6) is 0.850. The fraction of sp³-hybridized carbons (Fsp3) is 0.389. The van der Waals surface area contributed by atoms with Crippen molar-refractivity contribution in [3.8, 4) is 0 Å². The Balaban J connectivity index is 1.61. The number of nitrogens with one attached hydrogen (secondary N) is 1. The van der Waals surface area contributed by atoms with Crippen molar-refractivity contribution in [1.82, 2.24) is 24.8 Å².